The molecule has 5 amide bonds. The Morgan fingerprint density at radius 1 is 0.591 bits per heavy atom. The van der Waals surface area contributed by atoms with Gasteiger partial charge in [0.2, 0.25) is 30.0 Å². The molecule has 5 N–H and O–H groups in total. The van der Waals surface area contributed by atoms with Crippen molar-refractivity contribution in [3.63, 3.8) is 0 Å². The molecule has 9 atom stereocenters. The quantitative estimate of drug-likeness (QED) is 0.148. The van der Waals surface area contributed by atoms with Crippen LogP contribution in [0.1, 0.15) is 103 Å². The first-order chi connectivity index (χ1) is 31.6. The molecule has 13 rings (SSSR count). The molecule has 1 unspecified atom stereocenters. The number of aliphatic hydroxyl groups excluding tert-OH is 1. The summed E-state index contributed by atoms with van der Waals surface area (Å²) in [6.07, 6.45) is 8.59. The number of fused-ring (bicyclic) bond motifs is 2. The van der Waals surface area contributed by atoms with Crippen molar-refractivity contribution in [1.29, 1.82) is 0 Å². The third kappa shape index (κ3) is 7.08. The van der Waals surface area contributed by atoms with Crippen molar-refractivity contribution in [3.8, 4) is 0 Å². The molecule has 0 aromatic heterocycles. The van der Waals surface area contributed by atoms with Crippen LogP contribution in [0, 0.1) is 59.2 Å². The Labute approximate surface area is 388 Å². The van der Waals surface area contributed by atoms with Crippen LogP contribution in [0.5, 0.6) is 0 Å². The highest BCUT2D eigenvalue weighted by molar-refractivity contribution is 6.00. The molecule has 9 saturated carbocycles. The second kappa shape index (κ2) is 16.0. The Bertz CT molecular complexity index is 2220. The smallest absolute Gasteiger partial charge is 0.407 e. The first-order valence-electron chi connectivity index (χ1n) is 24.9. The average Bonchev–Trinajstić information content (AvgIpc) is 4.19. The Morgan fingerprint density at radius 3 is 1.32 bits per heavy atom. The van der Waals surface area contributed by atoms with Gasteiger partial charge < -0.3 is 40.3 Å². The lowest BCUT2D eigenvalue weighted by Gasteiger charge is -2.75. The molecule has 2 aromatic carbocycles. The van der Waals surface area contributed by atoms with Crippen LogP contribution >= 0.6 is 0 Å². The zero-order chi connectivity index (χ0) is 46.1. The summed E-state index contributed by atoms with van der Waals surface area (Å²) in [6.45, 7) is 7.62. The maximum Gasteiger partial charge on any atom is 0.407 e. The molecule has 2 heterocycles. The SMILES string of the molecule is COC(=O)N[C@H](C(=O)N1[C@@H]2C[C@@H]2C[C@H]1C(=O)Nc1ccc(C23CC4C5CC6(c7ccc(NC(=O)[C@@H]8C[C@H]9C[C@H]9N8C(=O)[C@@H](NC(O)OC)C(C)C)cc7)CC4C(C2)C(C6)C5C3)cc1)C(C)C. The molecule has 354 valence electrons. The maximum absolute atomic E-state index is 13.8. The van der Waals surface area contributed by atoms with Gasteiger partial charge in [-0.25, -0.2) is 4.79 Å². The maximum atomic E-state index is 13.8. The largest absolute Gasteiger partial charge is 0.453 e. The van der Waals surface area contributed by atoms with Crippen LogP contribution in [0.15, 0.2) is 48.5 Å². The van der Waals surface area contributed by atoms with E-state index in [1.807, 2.05) is 27.7 Å². The highest BCUT2D eigenvalue weighted by atomic mass is 16.6. The zero-order valence-electron chi connectivity index (χ0n) is 39.2. The molecule has 0 radical (unpaired) electrons. The fourth-order valence-electron chi connectivity index (χ4n) is 15.7. The van der Waals surface area contributed by atoms with Gasteiger partial charge in [-0.05, 0) is 170 Å². The Hall–Kier alpha value is -4.53. The first kappa shape index (κ1) is 44.0. The van der Waals surface area contributed by atoms with Gasteiger partial charge >= 0.3 is 6.09 Å². The van der Waals surface area contributed by atoms with E-state index in [9.17, 15) is 29.1 Å². The number of hydrogen-bond acceptors (Lipinski definition) is 9. The number of alkyl carbamates (subject to hydrolysis) is 1. The molecule has 66 heavy (non-hydrogen) atoms. The number of amides is 5. The molecule has 14 heteroatoms. The van der Waals surface area contributed by atoms with E-state index < -0.39 is 36.7 Å². The molecular formula is C52H68N6O8. The number of carbonyl (C=O) groups excluding carboxylic acids is 5. The van der Waals surface area contributed by atoms with E-state index in [2.05, 4.69) is 69.8 Å². The third-order valence-electron chi connectivity index (χ3n) is 18.8. The third-order valence-corrected chi connectivity index (χ3v) is 18.8. The summed E-state index contributed by atoms with van der Waals surface area (Å²) >= 11 is 0. The first-order valence-corrected chi connectivity index (χ1v) is 24.9. The van der Waals surface area contributed by atoms with E-state index in [1.54, 1.807) is 9.80 Å². The second-order valence-electron chi connectivity index (χ2n) is 22.9. The van der Waals surface area contributed by atoms with Gasteiger partial charge in [0.25, 0.3) is 0 Å². The summed E-state index contributed by atoms with van der Waals surface area (Å²) in [5.41, 5.74) is 4.67. The van der Waals surface area contributed by atoms with Crippen molar-refractivity contribution < 1.29 is 38.6 Å². The number of ether oxygens (including phenoxy) is 2. The number of nitrogens with one attached hydrogen (secondary N) is 4. The fourth-order valence-corrected chi connectivity index (χ4v) is 15.7. The molecule has 14 nitrogen and oxygen atoms in total. The number of hydrogen-bond donors (Lipinski definition) is 5. The van der Waals surface area contributed by atoms with E-state index >= 15 is 0 Å². The van der Waals surface area contributed by atoms with Gasteiger partial charge in [-0.15, -0.1) is 0 Å². The zero-order valence-corrected chi connectivity index (χ0v) is 39.2. The molecule has 9 aliphatic carbocycles. The van der Waals surface area contributed by atoms with Crippen molar-refractivity contribution in [2.75, 3.05) is 24.9 Å². The van der Waals surface area contributed by atoms with Crippen LogP contribution in [-0.4, -0.2) is 102 Å². The van der Waals surface area contributed by atoms with E-state index in [0.29, 0.717) is 24.7 Å². The van der Waals surface area contributed by atoms with Crippen LogP contribution in [0.2, 0.25) is 0 Å². The predicted molar refractivity (Wildman–Crippen MR) is 245 cm³/mol. The number of benzene rings is 2. The normalized spacial score (nSPS) is 38.2. The number of anilines is 2. The van der Waals surface area contributed by atoms with Gasteiger partial charge in [0.05, 0.1) is 13.2 Å². The van der Waals surface area contributed by atoms with Gasteiger partial charge in [0.1, 0.15) is 18.1 Å². The summed E-state index contributed by atoms with van der Waals surface area (Å²) in [6, 6.07) is 14.9. The van der Waals surface area contributed by atoms with Gasteiger partial charge in [-0.1, -0.05) is 52.0 Å². The highest BCUT2D eigenvalue weighted by Gasteiger charge is 2.71. The molecule has 2 aromatic rings. The molecule has 0 spiro atoms. The summed E-state index contributed by atoms with van der Waals surface area (Å²) < 4.78 is 9.78. The van der Waals surface area contributed by atoms with Crippen LogP contribution in [0.25, 0.3) is 0 Å². The lowest BCUT2D eigenvalue weighted by atomic mass is 9.29. The molecule has 11 aliphatic rings. The Kier molecular flexibility index (Phi) is 10.7. The van der Waals surface area contributed by atoms with E-state index in [4.69, 9.17) is 9.47 Å². The average molecular weight is 905 g/mol. The Morgan fingerprint density at radius 2 is 0.970 bits per heavy atom. The summed E-state index contributed by atoms with van der Waals surface area (Å²) in [5.74, 6) is 4.10. The number of methoxy groups -OCH3 is 2. The minimum Gasteiger partial charge on any atom is -0.453 e. The second-order valence-corrected chi connectivity index (χ2v) is 22.9. The van der Waals surface area contributed by atoms with Crippen LogP contribution in [0.3, 0.4) is 0 Å². The van der Waals surface area contributed by atoms with Crippen LogP contribution in [0.4, 0.5) is 16.2 Å². The standard InChI is InChI=1S/C52H68N6O8/c1-25(2)43(55-49(63)65-5)47(61)57-39-15-27(39)17-41(57)45(59)53-31-11-7-29(8-12-31)51-19-33-36-22-52(23-37(33)35(21-51)38(24-52)34(36)20-51)30-9-13-32(14-10-30)54-46(60)42-18-28-16-40(28)58(42)48(62)44(26(3)4)56-50(64)66-6/h7-14,25-28,33-44,49,55,63H,15-24H2,1-6H3,(H,53,59)(H,54,60)(H,56,64)/t27-,28-,33?,34?,35?,36?,37?,38?,39-,40-,41+,42+,43+,44+,49?,51?,52?/m1/s1. The summed E-state index contributed by atoms with van der Waals surface area (Å²) in [4.78, 5) is 70.9. The topological polar surface area (TPSA) is 179 Å². The van der Waals surface area contributed by atoms with Gasteiger partial charge in [0.15, 0.2) is 0 Å². The predicted octanol–water partition coefficient (Wildman–Crippen LogP) is 5.74. The molecule has 2 aliphatic heterocycles. The van der Waals surface area contributed by atoms with Crippen LogP contribution in [-0.2, 0) is 39.5 Å². The molecule has 2 saturated heterocycles. The van der Waals surface area contributed by atoms with Crippen molar-refractivity contribution >= 4 is 41.1 Å². The van der Waals surface area contributed by atoms with E-state index in [1.165, 1.54) is 63.9 Å². The monoisotopic (exact) mass is 905 g/mol. The number of rotatable bonds is 14. The van der Waals surface area contributed by atoms with Crippen molar-refractivity contribution in [1.82, 2.24) is 20.4 Å². The Balaban J connectivity index is 0.727. The van der Waals surface area contributed by atoms with Crippen LogP contribution < -0.4 is 21.3 Å². The minimum absolute atomic E-state index is 0.0401. The van der Waals surface area contributed by atoms with Crippen molar-refractivity contribution in [2.45, 2.75) is 145 Å². The van der Waals surface area contributed by atoms with E-state index in [-0.39, 0.29) is 58.4 Å². The number of carbonyl (C=O) groups is 5. The lowest BCUT2D eigenvalue weighted by molar-refractivity contribution is -0.221. The van der Waals surface area contributed by atoms with Crippen molar-refractivity contribution in [3.05, 3.63) is 59.7 Å². The lowest BCUT2D eigenvalue weighted by Crippen LogP contribution is -2.69. The van der Waals surface area contributed by atoms with Crippen molar-refractivity contribution in [2.24, 2.45) is 59.2 Å². The van der Waals surface area contributed by atoms with Gasteiger partial charge in [-0.3, -0.25) is 24.5 Å². The summed E-state index contributed by atoms with van der Waals surface area (Å²) in [5, 5.41) is 22.0. The number of likely N-dealkylation sites (tertiary alicyclic amines) is 2. The van der Waals surface area contributed by atoms with E-state index in [0.717, 1.165) is 59.7 Å². The minimum atomic E-state index is -1.26. The number of nitrogens with zero attached hydrogens (tertiary/aromatic N) is 2. The molecule has 8 bridgehead atoms. The van der Waals surface area contributed by atoms with Gasteiger partial charge in [-0.2, -0.15) is 0 Å². The fraction of sp³-hybridized carbons (Fsp3) is 0.673. The van der Waals surface area contributed by atoms with Gasteiger partial charge in [0, 0.05) is 30.6 Å². The summed E-state index contributed by atoms with van der Waals surface area (Å²) in [7, 11) is 2.66. The molecule has 11 fully saturated rings. The molecular weight excluding hydrogens is 837 g/mol. The highest BCUT2D eigenvalue weighted by Crippen LogP contribution is 2.77. The number of piperidine rings is 2. The number of aliphatic hydroxyl groups is 1.